The summed E-state index contributed by atoms with van der Waals surface area (Å²) in [5, 5.41) is 3.18. The van der Waals surface area contributed by atoms with Crippen LogP contribution >= 0.6 is 0 Å². The zero-order chi connectivity index (χ0) is 14.8. The fourth-order valence-corrected chi connectivity index (χ4v) is 2.20. The van der Waals surface area contributed by atoms with E-state index in [1.54, 1.807) is 12.1 Å². The Labute approximate surface area is 123 Å². The second-order valence-corrected chi connectivity index (χ2v) is 5.39. The van der Waals surface area contributed by atoms with Crippen molar-refractivity contribution >= 4 is 0 Å². The molecule has 1 saturated carbocycles. The number of oxazole rings is 1. The number of nitrogens with one attached hydrogen (secondary N) is 1. The normalized spacial score (nSPS) is 14.4. The Kier molecular flexibility index (Phi) is 3.92. The van der Waals surface area contributed by atoms with Gasteiger partial charge in [0.15, 0.2) is 17.5 Å². The second kappa shape index (κ2) is 5.85. The van der Waals surface area contributed by atoms with Crippen molar-refractivity contribution in [2.45, 2.75) is 45.9 Å². The maximum absolute atomic E-state index is 14.3. The summed E-state index contributed by atoms with van der Waals surface area (Å²) in [6.45, 7) is 4.67. The number of ether oxygens (including phenoxy) is 1. The van der Waals surface area contributed by atoms with Crippen LogP contribution in [0.2, 0.25) is 0 Å². The Morgan fingerprint density at radius 3 is 2.81 bits per heavy atom. The third-order valence-corrected chi connectivity index (χ3v) is 3.46. The molecule has 0 saturated heterocycles. The molecule has 0 unspecified atom stereocenters. The first-order chi connectivity index (χ1) is 10.1. The zero-order valence-corrected chi connectivity index (χ0v) is 12.3. The predicted molar refractivity (Wildman–Crippen MR) is 76.6 cm³/mol. The summed E-state index contributed by atoms with van der Waals surface area (Å²) in [6.07, 6.45) is 2.24. The minimum Gasteiger partial charge on any atom is -0.487 e. The lowest BCUT2D eigenvalue weighted by Crippen LogP contribution is -2.14. The molecule has 1 fully saturated rings. The average molecular weight is 290 g/mol. The number of rotatable bonds is 6. The van der Waals surface area contributed by atoms with Crippen molar-refractivity contribution in [3.8, 4) is 5.75 Å². The van der Waals surface area contributed by atoms with Gasteiger partial charge in [-0.3, -0.25) is 0 Å². The Morgan fingerprint density at radius 2 is 2.14 bits per heavy atom. The van der Waals surface area contributed by atoms with Crippen LogP contribution in [0, 0.1) is 19.7 Å². The van der Waals surface area contributed by atoms with E-state index < -0.39 is 0 Å². The van der Waals surface area contributed by atoms with Gasteiger partial charge in [0.1, 0.15) is 5.76 Å². The largest absolute Gasteiger partial charge is 0.487 e. The van der Waals surface area contributed by atoms with Gasteiger partial charge in [0, 0.05) is 19.0 Å². The first kappa shape index (κ1) is 14.1. The SMILES string of the molecule is Cc1nc(C)c(CNCc2cccc(OC3CC3)c2F)o1. The molecule has 0 spiro atoms. The second-order valence-electron chi connectivity index (χ2n) is 5.39. The summed E-state index contributed by atoms with van der Waals surface area (Å²) >= 11 is 0. The number of halogens is 1. The zero-order valence-electron chi connectivity index (χ0n) is 12.3. The monoisotopic (exact) mass is 290 g/mol. The third kappa shape index (κ3) is 3.42. The van der Waals surface area contributed by atoms with Crippen molar-refractivity contribution in [1.82, 2.24) is 10.3 Å². The van der Waals surface area contributed by atoms with E-state index >= 15 is 0 Å². The number of aromatic nitrogens is 1. The van der Waals surface area contributed by atoms with Crippen LogP contribution in [-0.4, -0.2) is 11.1 Å². The maximum Gasteiger partial charge on any atom is 0.191 e. The van der Waals surface area contributed by atoms with Gasteiger partial charge >= 0.3 is 0 Å². The maximum atomic E-state index is 14.3. The molecule has 4 nitrogen and oxygen atoms in total. The molecule has 5 heteroatoms. The van der Waals surface area contributed by atoms with Crippen LogP contribution in [0.1, 0.15) is 35.7 Å². The van der Waals surface area contributed by atoms with Gasteiger partial charge in [0.25, 0.3) is 0 Å². The topological polar surface area (TPSA) is 47.3 Å². The highest BCUT2D eigenvalue weighted by Gasteiger charge is 2.25. The minimum absolute atomic E-state index is 0.197. The van der Waals surface area contributed by atoms with Gasteiger partial charge in [0.2, 0.25) is 0 Å². The van der Waals surface area contributed by atoms with Crippen LogP contribution in [0.5, 0.6) is 5.75 Å². The van der Waals surface area contributed by atoms with Crippen molar-refractivity contribution < 1.29 is 13.5 Å². The van der Waals surface area contributed by atoms with Gasteiger partial charge in [0.05, 0.1) is 18.3 Å². The molecule has 1 aromatic heterocycles. The summed E-state index contributed by atoms with van der Waals surface area (Å²) in [5.74, 6) is 1.51. The molecule has 1 aliphatic carbocycles. The fourth-order valence-electron chi connectivity index (χ4n) is 2.20. The molecule has 0 amide bonds. The van der Waals surface area contributed by atoms with Crippen LogP contribution in [0.15, 0.2) is 22.6 Å². The van der Waals surface area contributed by atoms with Crippen molar-refractivity contribution in [1.29, 1.82) is 0 Å². The molecule has 1 N–H and O–H groups in total. The Bertz CT molecular complexity index is 635. The average Bonchev–Trinajstić information content (AvgIpc) is 3.19. The highest BCUT2D eigenvalue weighted by Crippen LogP contribution is 2.29. The van der Waals surface area contributed by atoms with E-state index in [-0.39, 0.29) is 11.9 Å². The van der Waals surface area contributed by atoms with Crippen molar-refractivity contribution in [2.75, 3.05) is 0 Å². The Balaban J connectivity index is 1.60. The summed E-state index contributed by atoms with van der Waals surface area (Å²) in [7, 11) is 0. The van der Waals surface area contributed by atoms with Gasteiger partial charge in [-0.1, -0.05) is 12.1 Å². The van der Waals surface area contributed by atoms with E-state index in [0.717, 1.165) is 24.3 Å². The molecule has 3 rings (SSSR count). The standard InChI is InChI=1S/C16H19FN2O2/c1-10-15(20-11(2)19-10)9-18-8-12-4-3-5-14(16(12)17)21-13-6-7-13/h3-5,13,18H,6-9H2,1-2H3. The Hall–Kier alpha value is -1.88. The van der Waals surface area contributed by atoms with Gasteiger partial charge in [-0.05, 0) is 25.8 Å². The van der Waals surface area contributed by atoms with Gasteiger partial charge in [-0.25, -0.2) is 9.37 Å². The van der Waals surface area contributed by atoms with Crippen LogP contribution in [0.25, 0.3) is 0 Å². The minimum atomic E-state index is -0.276. The van der Waals surface area contributed by atoms with Gasteiger partial charge in [-0.2, -0.15) is 0 Å². The lowest BCUT2D eigenvalue weighted by Gasteiger charge is -2.10. The molecular weight excluding hydrogens is 271 g/mol. The van der Waals surface area contributed by atoms with Crippen LogP contribution in [0.3, 0.4) is 0 Å². The number of hydrogen-bond acceptors (Lipinski definition) is 4. The summed E-state index contributed by atoms with van der Waals surface area (Å²) in [6, 6.07) is 5.27. The molecule has 0 atom stereocenters. The van der Waals surface area contributed by atoms with Crippen LogP contribution < -0.4 is 10.1 Å². The molecule has 21 heavy (non-hydrogen) atoms. The van der Waals surface area contributed by atoms with Crippen molar-refractivity contribution in [3.63, 3.8) is 0 Å². The number of aryl methyl sites for hydroxylation is 2. The lowest BCUT2D eigenvalue weighted by atomic mass is 10.2. The van der Waals surface area contributed by atoms with Gasteiger partial charge in [-0.15, -0.1) is 0 Å². The van der Waals surface area contributed by atoms with Gasteiger partial charge < -0.3 is 14.5 Å². The van der Waals surface area contributed by atoms with E-state index in [1.165, 1.54) is 0 Å². The molecule has 0 aliphatic heterocycles. The Morgan fingerprint density at radius 1 is 1.33 bits per heavy atom. The third-order valence-electron chi connectivity index (χ3n) is 3.46. The van der Waals surface area contributed by atoms with E-state index in [2.05, 4.69) is 10.3 Å². The lowest BCUT2D eigenvalue weighted by molar-refractivity contribution is 0.286. The fraction of sp³-hybridized carbons (Fsp3) is 0.438. The van der Waals surface area contributed by atoms with Crippen molar-refractivity contribution in [3.05, 3.63) is 46.9 Å². The molecule has 2 aromatic rings. The van der Waals surface area contributed by atoms with E-state index in [4.69, 9.17) is 9.15 Å². The van der Waals surface area contributed by atoms with Crippen LogP contribution in [0.4, 0.5) is 4.39 Å². The molecule has 0 radical (unpaired) electrons. The van der Waals surface area contributed by atoms with E-state index in [9.17, 15) is 4.39 Å². The van der Waals surface area contributed by atoms with Crippen LogP contribution in [-0.2, 0) is 13.1 Å². The number of hydrogen-bond donors (Lipinski definition) is 1. The highest BCUT2D eigenvalue weighted by atomic mass is 19.1. The molecule has 112 valence electrons. The molecule has 1 aliphatic rings. The van der Waals surface area contributed by atoms with E-state index in [1.807, 2.05) is 19.9 Å². The van der Waals surface area contributed by atoms with Crippen molar-refractivity contribution in [2.24, 2.45) is 0 Å². The number of nitrogens with zero attached hydrogens (tertiary/aromatic N) is 1. The molecule has 0 bridgehead atoms. The molecule has 1 heterocycles. The van der Waals surface area contributed by atoms with E-state index in [0.29, 0.717) is 30.3 Å². The summed E-state index contributed by atoms with van der Waals surface area (Å²) in [4.78, 5) is 4.21. The molecule has 1 aromatic carbocycles. The first-order valence-corrected chi connectivity index (χ1v) is 7.21. The first-order valence-electron chi connectivity index (χ1n) is 7.21. The summed E-state index contributed by atoms with van der Waals surface area (Å²) < 4.78 is 25.3. The highest BCUT2D eigenvalue weighted by molar-refractivity contribution is 5.31. The molecular formula is C16H19FN2O2. The quantitative estimate of drug-likeness (QED) is 0.887. The number of benzene rings is 1. The smallest absolute Gasteiger partial charge is 0.191 e. The summed E-state index contributed by atoms with van der Waals surface area (Å²) in [5.41, 5.74) is 1.47. The predicted octanol–water partition coefficient (Wildman–Crippen LogP) is 3.26.